The van der Waals surface area contributed by atoms with Gasteiger partial charge in [0.05, 0.1) is 6.61 Å². The van der Waals surface area contributed by atoms with E-state index in [4.69, 9.17) is 9.47 Å². The molecule has 0 radical (unpaired) electrons. The largest absolute Gasteiger partial charge is 0.450 e. The highest BCUT2D eigenvalue weighted by atomic mass is 16.6. The van der Waals surface area contributed by atoms with Crippen molar-refractivity contribution in [2.45, 2.75) is 38.6 Å². The maximum atomic E-state index is 11.6. The van der Waals surface area contributed by atoms with Crippen LogP contribution in [0.1, 0.15) is 32.6 Å². The smallest absolute Gasteiger partial charge is 0.409 e. The number of hydrogen-bond acceptors (Lipinski definition) is 5. The average molecular weight is 315 g/mol. The Labute approximate surface area is 132 Å². The van der Waals surface area contributed by atoms with Crippen LogP contribution in [0.15, 0.2) is 0 Å². The number of methoxy groups -OCH3 is 1. The molecule has 0 bridgehead atoms. The summed E-state index contributed by atoms with van der Waals surface area (Å²) in [4.78, 5) is 24.9. The molecule has 0 aliphatic carbocycles. The van der Waals surface area contributed by atoms with Crippen LogP contribution in [0.2, 0.25) is 0 Å². The number of carbonyl (C=O) groups is 2. The maximum Gasteiger partial charge on any atom is 0.409 e. The zero-order chi connectivity index (χ0) is 16.2. The molecule has 0 saturated carbocycles. The SMILES string of the molecule is CCOC(=O)N1CCC(NCCC(=O)NCCCOC)CC1. The first-order valence-corrected chi connectivity index (χ1v) is 8.08. The van der Waals surface area contributed by atoms with Gasteiger partial charge < -0.3 is 25.0 Å². The van der Waals surface area contributed by atoms with E-state index in [-0.39, 0.29) is 12.0 Å². The molecular formula is C15H29N3O4. The second kappa shape index (κ2) is 11.3. The molecule has 7 nitrogen and oxygen atoms in total. The maximum absolute atomic E-state index is 11.6. The Kier molecular flexibility index (Phi) is 9.57. The van der Waals surface area contributed by atoms with Gasteiger partial charge in [0, 0.05) is 52.4 Å². The van der Waals surface area contributed by atoms with Crippen LogP contribution in [0.3, 0.4) is 0 Å². The summed E-state index contributed by atoms with van der Waals surface area (Å²) in [6.45, 7) is 5.63. The van der Waals surface area contributed by atoms with Crippen molar-refractivity contribution in [3.8, 4) is 0 Å². The van der Waals surface area contributed by atoms with Gasteiger partial charge in [-0.3, -0.25) is 4.79 Å². The van der Waals surface area contributed by atoms with E-state index in [2.05, 4.69) is 10.6 Å². The Hall–Kier alpha value is -1.34. The zero-order valence-electron chi connectivity index (χ0n) is 13.7. The first kappa shape index (κ1) is 18.7. The lowest BCUT2D eigenvalue weighted by molar-refractivity contribution is -0.121. The topological polar surface area (TPSA) is 79.9 Å². The van der Waals surface area contributed by atoms with Gasteiger partial charge in [-0.2, -0.15) is 0 Å². The van der Waals surface area contributed by atoms with E-state index in [1.54, 1.807) is 12.0 Å². The number of likely N-dealkylation sites (tertiary alicyclic amines) is 1. The van der Waals surface area contributed by atoms with Crippen molar-refractivity contribution < 1.29 is 19.1 Å². The molecule has 0 atom stereocenters. The van der Waals surface area contributed by atoms with Gasteiger partial charge >= 0.3 is 6.09 Å². The van der Waals surface area contributed by atoms with Gasteiger partial charge in [-0.15, -0.1) is 0 Å². The predicted molar refractivity (Wildman–Crippen MR) is 83.7 cm³/mol. The van der Waals surface area contributed by atoms with Crippen molar-refractivity contribution in [2.24, 2.45) is 0 Å². The highest BCUT2D eigenvalue weighted by Crippen LogP contribution is 2.11. The van der Waals surface area contributed by atoms with E-state index < -0.39 is 0 Å². The lowest BCUT2D eigenvalue weighted by atomic mass is 10.1. The fourth-order valence-electron chi connectivity index (χ4n) is 2.40. The van der Waals surface area contributed by atoms with Crippen LogP contribution < -0.4 is 10.6 Å². The fraction of sp³-hybridized carbons (Fsp3) is 0.867. The molecule has 0 spiro atoms. The van der Waals surface area contributed by atoms with Crippen LogP contribution >= 0.6 is 0 Å². The number of ether oxygens (including phenoxy) is 2. The van der Waals surface area contributed by atoms with Gasteiger partial charge in [0.25, 0.3) is 0 Å². The molecule has 0 unspecified atom stereocenters. The molecule has 1 heterocycles. The third-order valence-electron chi connectivity index (χ3n) is 3.65. The zero-order valence-corrected chi connectivity index (χ0v) is 13.7. The van der Waals surface area contributed by atoms with Crippen LogP contribution in [0, 0.1) is 0 Å². The Morgan fingerprint density at radius 2 is 1.95 bits per heavy atom. The minimum atomic E-state index is -0.226. The van der Waals surface area contributed by atoms with Gasteiger partial charge in [-0.05, 0) is 26.2 Å². The number of amides is 2. The van der Waals surface area contributed by atoms with Crippen LogP contribution in [0.25, 0.3) is 0 Å². The molecule has 1 fully saturated rings. The summed E-state index contributed by atoms with van der Waals surface area (Å²) in [6, 6.07) is 0.368. The summed E-state index contributed by atoms with van der Waals surface area (Å²) in [7, 11) is 1.65. The molecule has 0 aromatic carbocycles. The summed E-state index contributed by atoms with van der Waals surface area (Å²) in [5, 5.41) is 6.24. The summed E-state index contributed by atoms with van der Waals surface area (Å²) < 4.78 is 9.91. The predicted octanol–water partition coefficient (Wildman–Crippen LogP) is 0.740. The van der Waals surface area contributed by atoms with Crippen molar-refractivity contribution >= 4 is 12.0 Å². The number of hydrogen-bond donors (Lipinski definition) is 2. The van der Waals surface area contributed by atoms with Crippen LogP contribution in [-0.2, 0) is 14.3 Å². The second-order valence-electron chi connectivity index (χ2n) is 5.36. The number of carbonyl (C=O) groups excluding carboxylic acids is 2. The standard InChI is InChI=1S/C15H29N3O4/c1-3-22-15(20)18-10-6-13(7-11-18)16-9-5-14(19)17-8-4-12-21-2/h13,16H,3-12H2,1-2H3,(H,17,19). The molecule has 128 valence electrons. The van der Waals surface area contributed by atoms with E-state index in [0.717, 1.165) is 19.3 Å². The van der Waals surface area contributed by atoms with Crippen molar-refractivity contribution in [3.05, 3.63) is 0 Å². The number of piperidine rings is 1. The van der Waals surface area contributed by atoms with Crippen LogP contribution in [-0.4, -0.2) is 69.4 Å². The number of rotatable bonds is 9. The Morgan fingerprint density at radius 3 is 2.59 bits per heavy atom. The van der Waals surface area contributed by atoms with Gasteiger partial charge in [0.1, 0.15) is 0 Å². The Morgan fingerprint density at radius 1 is 1.23 bits per heavy atom. The monoisotopic (exact) mass is 315 g/mol. The highest BCUT2D eigenvalue weighted by molar-refractivity contribution is 5.76. The average Bonchev–Trinajstić information content (AvgIpc) is 2.52. The molecule has 0 aromatic heterocycles. The third kappa shape index (κ3) is 7.61. The van der Waals surface area contributed by atoms with Gasteiger partial charge in [0.15, 0.2) is 0 Å². The highest BCUT2D eigenvalue weighted by Gasteiger charge is 2.23. The summed E-state index contributed by atoms with van der Waals surface area (Å²) in [5.41, 5.74) is 0. The fourth-order valence-corrected chi connectivity index (χ4v) is 2.40. The normalized spacial score (nSPS) is 15.6. The van der Waals surface area contributed by atoms with E-state index in [0.29, 0.717) is 51.9 Å². The quantitative estimate of drug-likeness (QED) is 0.614. The molecule has 1 rings (SSSR count). The molecule has 22 heavy (non-hydrogen) atoms. The first-order valence-electron chi connectivity index (χ1n) is 8.08. The van der Waals surface area contributed by atoms with E-state index in [9.17, 15) is 9.59 Å². The van der Waals surface area contributed by atoms with E-state index >= 15 is 0 Å². The van der Waals surface area contributed by atoms with E-state index in [1.807, 2.05) is 6.92 Å². The molecule has 0 aromatic rings. The molecule has 7 heteroatoms. The van der Waals surface area contributed by atoms with Crippen molar-refractivity contribution in [1.29, 1.82) is 0 Å². The van der Waals surface area contributed by atoms with E-state index in [1.165, 1.54) is 0 Å². The molecular weight excluding hydrogens is 286 g/mol. The Balaban J connectivity index is 2.05. The number of nitrogens with one attached hydrogen (secondary N) is 2. The summed E-state index contributed by atoms with van der Waals surface area (Å²) >= 11 is 0. The van der Waals surface area contributed by atoms with Crippen LogP contribution in [0.5, 0.6) is 0 Å². The third-order valence-corrected chi connectivity index (χ3v) is 3.65. The Bertz CT molecular complexity index is 331. The van der Waals surface area contributed by atoms with Gasteiger partial charge in [-0.1, -0.05) is 0 Å². The van der Waals surface area contributed by atoms with Gasteiger partial charge in [0.2, 0.25) is 5.91 Å². The molecule has 1 aliphatic heterocycles. The summed E-state index contributed by atoms with van der Waals surface area (Å²) in [5.74, 6) is 0.0626. The summed E-state index contributed by atoms with van der Waals surface area (Å²) in [6.07, 6.45) is 2.88. The van der Waals surface area contributed by atoms with Crippen LogP contribution in [0.4, 0.5) is 4.79 Å². The second-order valence-corrected chi connectivity index (χ2v) is 5.36. The van der Waals surface area contributed by atoms with Crippen molar-refractivity contribution in [1.82, 2.24) is 15.5 Å². The number of nitrogens with zero attached hydrogens (tertiary/aromatic N) is 1. The first-order chi connectivity index (χ1) is 10.7. The van der Waals surface area contributed by atoms with Gasteiger partial charge in [-0.25, -0.2) is 4.79 Å². The minimum Gasteiger partial charge on any atom is -0.450 e. The van der Waals surface area contributed by atoms with Crippen molar-refractivity contribution in [2.75, 3.05) is 46.5 Å². The molecule has 2 amide bonds. The lowest BCUT2D eigenvalue weighted by Gasteiger charge is -2.31. The molecule has 2 N–H and O–H groups in total. The minimum absolute atomic E-state index is 0.0626. The molecule has 1 saturated heterocycles. The van der Waals surface area contributed by atoms with Crippen molar-refractivity contribution in [3.63, 3.8) is 0 Å². The molecule has 1 aliphatic rings. The lowest BCUT2D eigenvalue weighted by Crippen LogP contribution is -2.45.